The van der Waals surface area contributed by atoms with Crippen molar-refractivity contribution in [1.82, 2.24) is 0 Å². The van der Waals surface area contributed by atoms with Crippen molar-refractivity contribution in [3.05, 3.63) is 35.4 Å². The number of allylic oxidation sites excluding steroid dienone is 1. The van der Waals surface area contributed by atoms with Gasteiger partial charge in [-0.2, -0.15) is 0 Å². The number of hydrogen-bond donors (Lipinski definition) is 1. The lowest BCUT2D eigenvalue weighted by Crippen LogP contribution is -2.17. The van der Waals surface area contributed by atoms with Gasteiger partial charge in [-0.3, -0.25) is 0 Å². The molecule has 1 rings (SSSR count). The minimum Gasteiger partial charge on any atom is -0.406 e. The molecule has 0 aliphatic rings. The van der Waals surface area contributed by atoms with E-state index in [2.05, 4.69) is 4.74 Å². The molecule has 0 aliphatic carbocycles. The minimum absolute atomic E-state index is 0.0746. The van der Waals surface area contributed by atoms with Gasteiger partial charge in [-0.05, 0) is 31.2 Å². The molecule has 1 aromatic rings. The molecule has 0 saturated carbocycles. The number of benzene rings is 1. The van der Waals surface area contributed by atoms with Gasteiger partial charge in [0.15, 0.2) is 0 Å². The van der Waals surface area contributed by atoms with E-state index in [4.69, 9.17) is 5.73 Å². The standard InChI is InChI=1S/C10H10F3NO3S/c1-7(14)6-18(15,16)9-4-2-8(3-5-9)17-10(11,12)13/h2-6H,14H2,1H3/b7-6+. The molecular formula is C10H10F3NO3S. The van der Waals surface area contributed by atoms with Gasteiger partial charge in [-0.25, -0.2) is 8.42 Å². The summed E-state index contributed by atoms with van der Waals surface area (Å²) in [5.41, 5.74) is 5.31. The predicted octanol–water partition coefficient (Wildman–Crippen LogP) is 2.18. The van der Waals surface area contributed by atoms with Crippen molar-refractivity contribution in [1.29, 1.82) is 0 Å². The maximum atomic E-state index is 11.9. The lowest BCUT2D eigenvalue weighted by atomic mass is 10.3. The van der Waals surface area contributed by atoms with E-state index in [0.717, 1.165) is 29.7 Å². The SMILES string of the molecule is C/C(N)=C\S(=O)(=O)c1ccc(OC(F)(F)F)cc1. The van der Waals surface area contributed by atoms with Crippen LogP contribution in [0.4, 0.5) is 13.2 Å². The molecule has 0 aromatic heterocycles. The van der Waals surface area contributed by atoms with Gasteiger partial charge in [-0.1, -0.05) is 0 Å². The number of hydrogen-bond acceptors (Lipinski definition) is 4. The summed E-state index contributed by atoms with van der Waals surface area (Å²) in [6, 6.07) is 3.85. The summed E-state index contributed by atoms with van der Waals surface area (Å²) in [6.45, 7) is 1.39. The molecule has 0 spiro atoms. The molecule has 0 aliphatic heterocycles. The average Bonchev–Trinajstić information content (AvgIpc) is 2.13. The summed E-state index contributed by atoms with van der Waals surface area (Å²) in [4.78, 5) is -0.165. The highest BCUT2D eigenvalue weighted by atomic mass is 32.2. The first-order valence-electron chi connectivity index (χ1n) is 4.65. The van der Waals surface area contributed by atoms with Gasteiger partial charge in [0.25, 0.3) is 0 Å². The van der Waals surface area contributed by atoms with E-state index in [1.54, 1.807) is 0 Å². The normalized spacial score (nSPS) is 13.4. The average molecular weight is 281 g/mol. The van der Waals surface area contributed by atoms with Crippen molar-refractivity contribution in [2.75, 3.05) is 0 Å². The molecule has 4 nitrogen and oxygen atoms in total. The maximum Gasteiger partial charge on any atom is 0.573 e. The van der Waals surface area contributed by atoms with E-state index in [1.165, 1.54) is 6.92 Å². The molecule has 0 amide bonds. The van der Waals surface area contributed by atoms with E-state index in [9.17, 15) is 21.6 Å². The highest BCUT2D eigenvalue weighted by Gasteiger charge is 2.31. The van der Waals surface area contributed by atoms with Crippen molar-refractivity contribution in [3.8, 4) is 5.75 Å². The summed E-state index contributed by atoms with van der Waals surface area (Å²) >= 11 is 0. The van der Waals surface area contributed by atoms with Crippen molar-refractivity contribution in [2.45, 2.75) is 18.2 Å². The van der Waals surface area contributed by atoms with Crippen LogP contribution < -0.4 is 10.5 Å². The summed E-state index contributed by atoms with van der Waals surface area (Å²) in [6.07, 6.45) is -4.81. The van der Waals surface area contributed by atoms with E-state index in [-0.39, 0.29) is 10.6 Å². The number of rotatable bonds is 3. The number of nitrogens with two attached hydrogens (primary N) is 1. The van der Waals surface area contributed by atoms with Crippen LogP contribution in [-0.4, -0.2) is 14.8 Å². The zero-order valence-corrected chi connectivity index (χ0v) is 10.0. The Balaban J connectivity index is 3.00. The van der Waals surface area contributed by atoms with Gasteiger partial charge in [0.1, 0.15) is 5.75 Å². The van der Waals surface area contributed by atoms with Crippen molar-refractivity contribution < 1.29 is 26.3 Å². The fourth-order valence-electron chi connectivity index (χ4n) is 1.14. The van der Waals surface area contributed by atoms with Crippen molar-refractivity contribution >= 4 is 9.84 Å². The van der Waals surface area contributed by atoms with Crippen LogP contribution in [0, 0.1) is 0 Å². The number of halogens is 3. The van der Waals surface area contributed by atoms with Gasteiger partial charge < -0.3 is 10.5 Å². The second kappa shape index (κ2) is 4.89. The van der Waals surface area contributed by atoms with Crippen LogP contribution in [0.1, 0.15) is 6.92 Å². The zero-order chi connectivity index (χ0) is 14.0. The van der Waals surface area contributed by atoms with Crippen LogP contribution in [0.2, 0.25) is 0 Å². The fourth-order valence-corrected chi connectivity index (χ4v) is 2.28. The largest absolute Gasteiger partial charge is 0.573 e. The Bertz CT molecular complexity index is 543. The summed E-state index contributed by atoms with van der Waals surface area (Å²) in [5.74, 6) is -0.491. The molecule has 1 aromatic carbocycles. The first-order chi connectivity index (χ1) is 8.10. The maximum absolute atomic E-state index is 11.9. The molecule has 0 unspecified atom stereocenters. The number of alkyl halides is 3. The third kappa shape index (κ3) is 4.28. The van der Waals surface area contributed by atoms with Crippen LogP contribution >= 0.6 is 0 Å². The van der Waals surface area contributed by atoms with Gasteiger partial charge in [-0.15, -0.1) is 13.2 Å². The minimum atomic E-state index is -4.81. The van der Waals surface area contributed by atoms with Gasteiger partial charge >= 0.3 is 6.36 Å². The summed E-state index contributed by atoms with van der Waals surface area (Å²) in [7, 11) is -3.74. The topological polar surface area (TPSA) is 69.4 Å². The summed E-state index contributed by atoms with van der Waals surface area (Å²) < 4.78 is 62.5. The predicted molar refractivity (Wildman–Crippen MR) is 58.3 cm³/mol. The lowest BCUT2D eigenvalue weighted by Gasteiger charge is -2.08. The molecule has 18 heavy (non-hydrogen) atoms. The van der Waals surface area contributed by atoms with Crippen LogP contribution in [0.15, 0.2) is 40.3 Å². The second-order valence-corrected chi connectivity index (χ2v) is 5.22. The Morgan fingerprint density at radius 3 is 2.17 bits per heavy atom. The van der Waals surface area contributed by atoms with Crippen LogP contribution in [-0.2, 0) is 9.84 Å². The van der Waals surface area contributed by atoms with Crippen molar-refractivity contribution in [2.24, 2.45) is 5.73 Å². The molecule has 0 fully saturated rings. The molecule has 100 valence electrons. The number of ether oxygens (including phenoxy) is 1. The highest BCUT2D eigenvalue weighted by molar-refractivity contribution is 7.94. The Morgan fingerprint density at radius 2 is 1.78 bits per heavy atom. The molecule has 2 N–H and O–H groups in total. The highest BCUT2D eigenvalue weighted by Crippen LogP contribution is 2.24. The molecule has 0 bridgehead atoms. The first kappa shape index (κ1) is 14.4. The van der Waals surface area contributed by atoms with Crippen molar-refractivity contribution in [3.63, 3.8) is 0 Å². The molecule has 8 heteroatoms. The van der Waals surface area contributed by atoms with Crippen LogP contribution in [0.3, 0.4) is 0 Å². The third-order valence-corrected chi connectivity index (χ3v) is 3.34. The Morgan fingerprint density at radius 1 is 1.28 bits per heavy atom. The Labute approximate surface area is 102 Å². The molecule has 0 saturated heterocycles. The van der Waals surface area contributed by atoms with E-state index in [0.29, 0.717) is 0 Å². The quantitative estimate of drug-likeness (QED) is 0.922. The smallest absolute Gasteiger partial charge is 0.406 e. The lowest BCUT2D eigenvalue weighted by molar-refractivity contribution is -0.274. The number of sulfone groups is 1. The molecule has 0 radical (unpaired) electrons. The van der Waals surface area contributed by atoms with Gasteiger partial charge in [0, 0.05) is 5.70 Å². The van der Waals surface area contributed by atoms with E-state index < -0.39 is 21.9 Å². The zero-order valence-electron chi connectivity index (χ0n) is 9.23. The first-order valence-corrected chi connectivity index (χ1v) is 6.19. The molecule has 0 heterocycles. The van der Waals surface area contributed by atoms with E-state index >= 15 is 0 Å². The molecular weight excluding hydrogens is 271 g/mol. The Kier molecular flexibility index (Phi) is 3.90. The Hall–Kier alpha value is -1.70. The van der Waals surface area contributed by atoms with Gasteiger partial charge in [0.05, 0.1) is 10.3 Å². The third-order valence-electron chi connectivity index (χ3n) is 1.73. The van der Waals surface area contributed by atoms with E-state index in [1.807, 2.05) is 0 Å². The second-order valence-electron chi connectivity index (χ2n) is 3.43. The molecule has 0 atom stereocenters. The fraction of sp³-hybridized carbons (Fsp3) is 0.200. The van der Waals surface area contributed by atoms with Gasteiger partial charge in [0.2, 0.25) is 9.84 Å². The monoisotopic (exact) mass is 281 g/mol. The van der Waals surface area contributed by atoms with Crippen LogP contribution in [0.5, 0.6) is 5.75 Å². The van der Waals surface area contributed by atoms with Crippen LogP contribution in [0.25, 0.3) is 0 Å². The summed E-state index contributed by atoms with van der Waals surface area (Å²) in [5, 5.41) is 0.826.